The summed E-state index contributed by atoms with van der Waals surface area (Å²) in [5.74, 6) is 0.135. The highest BCUT2D eigenvalue weighted by Crippen LogP contribution is 2.34. The largest absolute Gasteiger partial charge is 0.351 e. The van der Waals surface area contributed by atoms with Crippen molar-refractivity contribution in [1.29, 1.82) is 0 Å². The number of hydrogen-bond donors (Lipinski definition) is 1. The van der Waals surface area contributed by atoms with E-state index in [4.69, 9.17) is 4.98 Å². The van der Waals surface area contributed by atoms with Crippen LogP contribution in [0.15, 0.2) is 52.9 Å². The molecule has 4 rings (SSSR count). The number of rotatable bonds is 7. The molecule has 2 heterocycles. The lowest BCUT2D eigenvalue weighted by Gasteiger charge is -2.12. The van der Waals surface area contributed by atoms with Crippen molar-refractivity contribution in [2.75, 3.05) is 5.75 Å². The molecule has 2 aromatic heterocycles. The first kappa shape index (κ1) is 19.9. The van der Waals surface area contributed by atoms with Crippen LogP contribution in [0.1, 0.15) is 28.8 Å². The van der Waals surface area contributed by atoms with Crippen LogP contribution in [0, 0.1) is 0 Å². The first-order valence-electron chi connectivity index (χ1n) is 9.76. The molecule has 0 spiro atoms. The third kappa shape index (κ3) is 4.31. The molecule has 1 amide bonds. The molecule has 1 N–H and O–H groups in total. The Labute approximate surface area is 177 Å². The first-order chi connectivity index (χ1) is 14.2. The van der Waals surface area contributed by atoms with E-state index in [1.165, 1.54) is 28.6 Å². The minimum absolute atomic E-state index is 0.0125. The number of allylic oxidation sites excluding steroid dienone is 1. The predicted octanol–water partition coefficient (Wildman–Crippen LogP) is 3.93. The van der Waals surface area contributed by atoms with E-state index in [0.29, 0.717) is 18.2 Å². The van der Waals surface area contributed by atoms with Crippen LogP contribution in [0.4, 0.5) is 0 Å². The smallest absolute Gasteiger partial charge is 0.263 e. The second-order valence-electron chi connectivity index (χ2n) is 7.04. The molecule has 0 unspecified atom stereocenters. The monoisotopic (exact) mass is 425 g/mol. The third-order valence-corrected chi connectivity index (χ3v) is 7.18. The van der Waals surface area contributed by atoms with Crippen molar-refractivity contribution < 1.29 is 4.79 Å². The molecule has 0 saturated carbocycles. The third-order valence-electron chi connectivity index (χ3n) is 5.02. The fourth-order valence-corrected chi connectivity index (χ4v) is 5.74. The highest BCUT2D eigenvalue weighted by molar-refractivity contribution is 7.99. The van der Waals surface area contributed by atoms with E-state index in [-0.39, 0.29) is 17.2 Å². The van der Waals surface area contributed by atoms with E-state index in [9.17, 15) is 9.59 Å². The van der Waals surface area contributed by atoms with Gasteiger partial charge in [0.1, 0.15) is 4.83 Å². The zero-order valence-electron chi connectivity index (χ0n) is 16.1. The Kier molecular flexibility index (Phi) is 6.16. The van der Waals surface area contributed by atoms with Gasteiger partial charge < -0.3 is 5.32 Å². The van der Waals surface area contributed by atoms with E-state index in [1.807, 2.05) is 30.3 Å². The molecule has 1 aliphatic carbocycles. The fraction of sp³-hybridized carbons (Fsp3) is 0.318. The lowest BCUT2D eigenvalue weighted by molar-refractivity contribution is -0.118. The minimum Gasteiger partial charge on any atom is -0.351 e. The van der Waals surface area contributed by atoms with Crippen LogP contribution in [-0.2, 0) is 30.7 Å². The molecule has 0 fully saturated rings. The number of aromatic nitrogens is 2. The van der Waals surface area contributed by atoms with Crippen LogP contribution in [0.25, 0.3) is 10.2 Å². The van der Waals surface area contributed by atoms with Gasteiger partial charge in [0.25, 0.3) is 5.56 Å². The standard InChI is InChI=1S/C22H23N3O2S2/c1-2-12-25-21(27)19-16-10-6-7-11-17(16)29-20(19)24-22(25)28-14-18(26)23-13-15-8-4-3-5-9-15/h2-5,8-9H,1,6-7,10-14H2,(H,23,26). The Balaban J connectivity index is 1.54. The molecule has 29 heavy (non-hydrogen) atoms. The zero-order chi connectivity index (χ0) is 20.2. The number of thioether (sulfide) groups is 1. The minimum atomic E-state index is -0.0798. The molecule has 1 aliphatic rings. The molecule has 0 atom stereocenters. The van der Waals surface area contributed by atoms with Crippen LogP contribution in [-0.4, -0.2) is 21.2 Å². The molecular weight excluding hydrogens is 402 g/mol. The maximum Gasteiger partial charge on any atom is 0.263 e. The van der Waals surface area contributed by atoms with Crippen molar-refractivity contribution >= 4 is 39.2 Å². The molecule has 0 saturated heterocycles. The predicted molar refractivity (Wildman–Crippen MR) is 120 cm³/mol. The normalized spacial score (nSPS) is 13.2. The average Bonchev–Trinajstić information content (AvgIpc) is 3.12. The van der Waals surface area contributed by atoms with Crippen LogP contribution >= 0.6 is 23.1 Å². The van der Waals surface area contributed by atoms with Gasteiger partial charge in [0, 0.05) is 18.0 Å². The van der Waals surface area contributed by atoms with E-state index in [1.54, 1.807) is 22.0 Å². The van der Waals surface area contributed by atoms with Crippen molar-refractivity contribution in [2.24, 2.45) is 0 Å². The summed E-state index contributed by atoms with van der Waals surface area (Å²) in [6.45, 7) is 4.66. The number of carbonyl (C=O) groups excluding carboxylic acids is 1. The Bertz CT molecular complexity index is 1100. The van der Waals surface area contributed by atoms with Gasteiger partial charge in [-0.3, -0.25) is 14.2 Å². The van der Waals surface area contributed by atoms with E-state index in [2.05, 4.69) is 11.9 Å². The molecule has 0 aliphatic heterocycles. The lowest BCUT2D eigenvalue weighted by Crippen LogP contribution is -2.26. The number of thiophene rings is 1. The first-order valence-corrected chi connectivity index (χ1v) is 11.6. The lowest BCUT2D eigenvalue weighted by atomic mass is 9.97. The highest BCUT2D eigenvalue weighted by Gasteiger charge is 2.22. The van der Waals surface area contributed by atoms with E-state index < -0.39 is 0 Å². The number of fused-ring (bicyclic) bond motifs is 3. The second-order valence-corrected chi connectivity index (χ2v) is 9.07. The maximum absolute atomic E-state index is 13.2. The summed E-state index contributed by atoms with van der Waals surface area (Å²) >= 11 is 2.94. The molecule has 7 heteroatoms. The molecule has 0 bridgehead atoms. The number of hydrogen-bond acceptors (Lipinski definition) is 5. The number of benzene rings is 1. The molecule has 150 valence electrons. The van der Waals surface area contributed by atoms with Gasteiger partial charge >= 0.3 is 0 Å². The van der Waals surface area contributed by atoms with Crippen LogP contribution < -0.4 is 10.9 Å². The quantitative estimate of drug-likeness (QED) is 0.354. The Morgan fingerprint density at radius 1 is 1.28 bits per heavy atom. The number of amides is 1. The van der Waals surface area contributed by atoms with Crippen molar-refractivity contribution in [3.63, 3.8) is 0 Å². The SMILES string of the molecule is C=CCn1c(SCC(=O)NCc2ccccc2)nc2sc3c(c2c1=O)CCCC3. The molecule has 3 aromatic rings. The molecule has 0 radical (unpaired) electrons. The zero-order valence-corrected chi connectivity index (χ0v) is 17.8. The van der Waals surface area contributed by atoms with Gasteiger partial charge in [-0.15, -0.1) is 17.9 Å². The van der Waals surface area contributed by atoms with Crippen molar-refractivity contribution in [2.45, 2.75) is 43.9 Å². The van der Waals surface area contributed by atoms with Gasteiger partial charge in [0.15, 0.2) is 5.16 Å². The van der Waals surface area contributed by atoms with E-state index >= 15 is 0 Å². The number of nitrogens with zero attached hydrogens (tertiary/aromatic N) is 2. The van der Waals surface area contributed by atoms with Crippen molar-refractivity contribution in [1.82, 2.24) is 14.9 Å². The Hall–Kier alpha value is -2.38. The summed E-state index contributed by atoms with van der Waals surface area (Å²) in [5, 5.41) is 4.27. The van der Waals surface area contributed by atoms with Gasteiger partial charge in [0.05, 0.1) is 11.1 Å². The van der Waals surface area contributed by atoms with Gasteiger partial charge in [-0.2, -0.15) is 0 Å². The van der Waals surface area contributed by atoms with E-state index in [0.717, 1.165) is 35.0 Å². The Morgan fingerprint density at radius 3 is 2.86 bits per heavy atom. The summed E-state index contributed by atoms with van der Waals surface area (Å²) in [5.41, 5.74) is 2.23. The highest BCUT2D eigenvalue weighted by atomic mass is 32.2. The molecule has 1 aromatic carbocycles. The number of nitrogens with one attached hydrogen (secondary N) is 1. The summed E-state index contributed by atoms with van der Waals surface area (Å²) in [4.78, 5) is 32.4. The molecular formula is C22H23N3O2S2. The maximum atomic E-state index is 13.2. The summed E-state index contributed by atoms with van der Waals surface area (Å²) < 4.78 is 1.64. The average molecular weight is 426 g/mol. The van der Waals surface area contributed by atoms with Gasteiger partial charge in [-0.1, -0.05) is 48.2 Å². The van der Waals surface area contributed by atoms with Gasteiger partial charge in [-0.25, -0.2) is 4.98 Å². The molecule has 5 nitrogen and oxygen atoms in total. The van der Waals surface area contributed by atoms with Crippen LogP contribution in [0.2, 0.25) is 0 Å². The summed E-state index contributed by atoms with van der Waals surface area (Å²) in [6.07, 6.45) is 5.98. The topological polar surface area (TPSA) is 64.0 Å². The fourth-order valence-electron chi connectivity index (χ4n) is 3.60. The van der Waals surface area contributed by atoms with Gasteiger partial charge in [-0.05, 0) is 36.8 Å². The second kappa shape index (κ2) is 8.97. The summed E-state index contributed by atoms with van der Waals surface area (Å²) in [7, 11) is 0. The number of aryl methyl sites for hydroxylation is 2. The van der Waals surface area contributed by atoms with Crippen LogP contribution in [0.3, 0.4) is 0 Å². The van der Waals surface area contributed by atoms with Crippen LogP contribution in [0.5, 0.6) is 0 Å². The van der Waals surface area contributed by atoms with Crippen molar-refractivity contribution in [3.05, 3.63) is 69.3 Å². The number of carbonyl (C=O) groups is 1. The summed E-state index contributed by atoms with van der Waals surface area (Å²) in [6, 6.07) is 9.80. The van der Waals surface area contributed by atoms with Crippen molar-refractivity contribution in [3.8, 4) is 0 Å². The van der Waals surface area contributed by atoms with Gasteiger partial charge in [0.2, 0.25) is 5.91 Å². The Morgan fingerprint density at radius 2 is 2.07 bits per heavy atom.